The molecule has 6 heteroatoms. The second-order valence-electron chi connectivity index (χ2n) is 5.57. The zero-order valence-electron chi connectivity index (χ0n) is 14.0. The van der Waals surface area contributed by atoms with Crippen molar-refractivity contribution in [2.75, 3.05) is 13.6 Å². The van der Waals surface area contributed by atoms with Crippen LogP contribution in [-0.4, -0.2) is 24.7 Å². The molecule has 1 aromatic heterocycles. The van der Waals surface area contributed by atoms with Gasteiger partial charge in [-0.3, -0.25) is 4.99 Å². The number of nitrogens with zero attached hydrogens (tertiary/aromatic N) is 2. The number of nitrogens with one attached hydrogen (secondary N) is 2. The number of rotatable bonds is 5. The van der Waals surface area contributed by atoms with Gasteiger partial charge in [-0.25, -0.2) is 0 Å². The number of benzene rings is 1. The van der Waals surface area contributed by atoms with E-state index >= 15 is 0 Å². The minimum absolute atomic E-state index is 0.287. The summed E-state index contributed by atoms with van der Waals surface area (Å²) in [6.07, 6.45) is 0. The SMILES string of the molecule is CN=C(NCc1ccc(Cl)cc1)NCC(C)c1c(C)noc1C. The lowest BCUT2D eigenvalue weighted by atomic mass is 10.00. The number of halogens is 1. The van der Waals surface area contributed by atoms with Crippen LogP contribution in [0.5, 0.6) is 0 Å². The van der Waals surface area contributed by atoms with Gasteiger partial charge < -0.3 is 15.2 Å². The first-order valence-corrected chi connectivity index (χ1v) is 8.00. The number of aliphatic imine (C=N–C) groups is 1. The van der Waals surface area contributed by atoms with Crippen molar-refractivity contribution in [2.45, 2.75) is 33.2 Å². The lowest BCUT2D eigenvalue weighted by Crippen LogP contribution is -2.38. The fraction of sp³-hybridized carbons (Fsp3) is 0.412. The van der Waals surface area contributed by atoms with Gasteiger partial charge in [-0.1, -0.05) is 35.8 Å². The second-order valence-corrected chi connectivity index (χ2v) is 6.01. The highest BCUT2D eigenvalue weighted by Crippen LogP contribution is 2.22. The first-order chi connectivity index (χ1) is 11.0. The minimum atomic E-state index is 0.287. The molecule has 23 heavy (non-hydrogen) atoms. The molecule has 1 heterocycles. The van der Waals surface area contributed by atoms with Crippen LogP contribution in [0.25, 0.3) is 0 Å². The zero-order valence-corrected chi connectivity index (χ0v) is 14.7. The van der Waals surface area contributed by atoms with Crippen molar-refractivity contribution in [3.63, 3.8) is 0 Å². The molecule has 5 nitrogen and oxygen atoms in total. The van der Waals surface area contributed by atoms with E-state index in [1.165, 1.54) is 0 Å². The Morgan fingerprint density at radius 2 is 1.96 bits per heavy atom. The summed E-state index contributed by atoms with van der Waals surface area (Å²) in [6, 6.07) is 7.76. The van der Waals surface area contributed by atoms with Crippen molar-refractivity contribution < 1.29 is 4.52 Å². The van der Waals surface area contributed by atoms with Crippen LogP contribution in [0.4, 0.5) is 0 Å². The fourth-order valence-electron chi connectivity index (χ4n) is 2.55. The molecule has 2 rings (SSSR count). The summed E-state index contributed by atoms with van der Waals surface area (Å²) in [5.74, 6) is 1.93. The van der Waals surface area contributed by atoms with Gasteiger partial charge in [0, 0.05) is 36.6 Å². The van der Waals surface area contributed by atoms with E-state index in [1.807, 2.05) is 38.1 Å². The number of aromatic nitrogens is 1. The molecular weight excluding hydrogens is 312 g/mol. The Kier molecular flexibility index (Phi) is 6.04. The molecule has 2 N–H and O–H groups in total. The average molecular weight is 335 g/mol. The van der Waals surface area contributed by atoms with Gasteiger partial charge in [0.2, 0.25) is 0 Å². The summed E-state index contributed by atoms with van der Waals surface area (Å²) in [5, 5.41) is 11.4. The maximum Gasteiger partial charge on any atom is 0.191 e. The second kappa shape index (κ2) is 8.02. The topological polar surface area (TPSA) is 62.5 Å². The summed E-state index contributed by atoms with van der Waals surface area (Å²) >= 11 is 5.89. The Hall–Kier alpha value is -2.01. The molecule has 0 bridgehead atoms. The summed E-state index contributed by atoms with van der Waals surface area (Å²) in [4.78, 5) is 4.25. The molecule has 0 saturated heterocycles. The van der Waals surface area contributed by atoms with E-state index in [2.05, 4.69) is 27.7 Å². The average Bonchev–Trinajstić information content (AvgIpc) is 2.88. The van der Waals surface area contributed by atoms with Crippen LogP contribution in [0.15, 0.2) is 33.8 Å². The Morgan fingerprint density at radius 3 is 2.52 bits per heavy atom. The molecule has 2 aromatic rings. The summed E-state index contributed by atoms with van der Waals surface area (Å²) in [5.41, 5.74) is 3.25. The molecule has 0 aliphatic heterocycles. The van der Waals surface area contributed by atoms with Crippen molar-refractivity contribution >= 4 is 17.6 Å². The quantitative estimate of drug-likeness (QED) is 0.649. The molecule has 0 aliphatic rings. The number of aryl methyl sites for hydroxylation is 2. The van der Waals surface area contributed by atoms with Crippen molar-refractivity contribution in [1.29, 1.82) is 0 Å². The molecule has 124 valence electrons. The van der Waals surface area contributed by atoms with Crippen molar-refractivity contribution in [2.24, 2.45) is 4.99 Å². The molecule has 0 spiro atoms. The zero-order chi connectivity index (χ0) is 16.8. The van der Waals surface area contributed by atoms with E-state index in [0.29, 0.717) is 6.54 Å². The molecule has 0 fully saturated rings. The molecule has 0 amide bonds. The third-order valence-electron chi connectivity index (χ3n) is 3.75. The minimum Gasteiger partial charge on any atom is -0.361 e. The van der Waals surface area contributed by atoms with E-state index in [9.17, 15) is 0 Å². The first-order valence-electron chi connectivity index (χ1n) is 7.63. The van der Waals surface area contributed by atoms with Crippen LogP contribution in [-0.2, 0) is 6.54 Å². The monoisotopic (exact) mass is 334 g/mol. The Balaban J connectivity index is 1.86. The van der Waals surface area contributed by atoms with E-state index in [4.69, 9.17) is 16.1 Å². The van der Waals surface area contributed by atoms with Gasteiger partial charge in [0.1, 0.15) is 5.76 Å². The van der Waals surface area contributed by atoms with Gasteiger partial charge >= 0.3 is 0 Å². The normalized spacial score (nSPS) is 13.0. The molecule has 0 radical (unpaired) electrons. The van der Waals surface area contributed by atoms with Crippen molar-refractivity contribution in [3.8, 4) is 0 Å². The Bertz CT molecular complexity index is 644. The lowest BCUT2D eigenvalue weighted by Gasteiger charge is -2.16. The van der Waals surface area contributed by atoms with Crippen LogP contribution in [0.1, 0.15) is 35.4 Å². The highest BCUT2D eigenvalue weighted by Gasteiger charge is 2.16. The highest BCUT2D eigenvalue weighted by molar-refractivity contribution is 6.30. The van der Waals surface area contributed by atoms with Crippen LogP contribution in [0.2, 0.25) is 5.02 Å². The summed E-state index contributed by atoms with van der Waals surface area (Å²) in [6.45, 7) is 7.50. The standard InChI is InChI=1S/C17H23ClN4O/c1-11(16-12(2)22-23-13(16)3)9-20-17(19-4)21-10-14-5-7-15(18)8-6-14/h5-8,11H,9-10H2,1-4H3,(H2,19,20,21). The Morgan fingerprint density at radius 1 is 1.26 bits per heavy atom. The number of guanidine groups is 1. The van der Waals surface area contributed by atoms with Gasteiger partial charge in [0.05, 0.1) is 5.69 Å². The molecule has 1 aromatic carbocycles. The third-order valence-corrected chi connectivity index (χ3v) is 4.01. The largest absolute Gasteiger partial charge is 0.361 e. The van der Waals surface area contributed by atoms with Crippen LogP contribution < -0.4 is 10.6 Å². The molecular formula is C17H23ClN4O. The predicted molar refractivity (Wildman–Crippen MR) is 94.0 cm³/mol. The molecule has 1 unspecified atom stereocenters. The van der Waals surface area contributed by atoms with Crippen molar-refractivity contribution in [1.82, 2.24) is 15.8 Å². The van der Waals surface area contributed by atoms with Crippen LogP contribution in [0.3, 0.4) is 0 Å². The highest BCUT2D eigenvalue weighted by atomic mass is 35.5. The fourth-order valence-corrected chi connectivity index (χ4v) is 2.68. The number of hydrogen-bond donors (Lipinski definition) is 2. The molecule has 0 saturated carbocycles. The Labute approximate surface area is 142 Å². The third kappa shape index (κ3) is 4.73. The van der Waals surface area contributed by atoms with Gasteiger partial charge in [-0.15, -0.1) is 0 Å². The smallest absolute Gasteiger partial charge is 0.191 e. The van der Waals surface area contributed by atoms with Gasteiger partial charge in [-0.2, -0.15) is 0 Å². The maximum absolute atomic E-state index is 5.89. The molecule has 0 aliphatic carbocycles. The van der Waals surface area contributed by atoms with Gasteiger partial charge in [-0.05, 0) is 31.5 Å². The van der Waals surface area contributed by atoms with Crippen LogP contribution in [0, 0.1) is 13.8 Å². The van der Waals surface area contributed by atoms with E-state index in [1.54, 1.807) is 7.05 Å². The van der Waals surface area contributed by atoms with E-state index < -0.39 is 0 Å². The van der Waals surface area contributed by atoms with E-state index in [-0.39, 0.29) is 5.92 Å². The van der Waals surface area contributed by atoms with E-state index in [0.717, 1.165) is 40.1 Å². The van der Waals surface area contributed by atoms with Gasteiger partial charge in [0.15, 0.2) is 5.96 Å². The summed E-state index contributed by atoms with van der Waals surface area (Å²) < 4.78 is 5.23. The first kappa shape index (κ1) is 17.3. The van der Waals surface area contributed by atoms with Gasteiger partial charge in [0.25, 0.3) is 0 Å². The summed E-state index contributed by atoms with van der Waals surface area (Å²) in [7, 11) is 1.76. The van der Waals surface area contributed by atoms with Crippen molar-refractivity contribution in [3.05, 3.63) is 51.9 Å². The lowest BCUT2D eigenvalue weighted by molar-refractivity contribution is 0.391. The maximum atomic E-state index is 5.89. The number of hydrogen-bond acceptors (Lipinski definition) is 3. The van der Waals surface area contributed by atoms with Crippen LogP contribution >= 0.6 is 11.6 Å². The molecule has 1 atom stereocenters. The predicted octanol–water partition coefficient (Wildman–Crippen LogP) is 3.41.